The topological polar surface area (TPSA) is 31.2 Å². The highest BCUT2D eigenvalue weighted by atomic mass is 16.5. The van der Waals surface area contributed by atoms with Gasteiger partial charge in [0.1, 0.15) is 0 Å². The van der Waals surface area contributed by atoms with Crippen LogP contribution in [0, 0.1) is 11.3 Å². The van der Waals surface area contributed by atoms with Crippen LogP contribution in [0.4, 0.5) is 0 Å². The van der Waals surface area contributed by atoms with Crippen LogP contribution in [0.5, 0.6) is 0 Å². The Labute approximate surface area is 164 Å². The van der Waals surface area contributed by atoms with Crippen molar-refractivity contribution >= 4 is 0 Å². The monoisotopic (exact) mass is 369 g/mol. The summed E-state index contributed by atoms with van der Waals surface area (Å²) in [6, 6.07) is 12.4. The molecule has 2 rings (SSSR count). The van der Waals surface area contributed by atoms with E-state index in [1.807, 2.05) is 12.3 Å². The van der Waals surface area contributed by atoms with Crippen molar-refractivity contribution in [2.75, 3.05) is 13.2 Å². The number of hydrogen-bond acceptors (Lipinski definition) is 2. The summed E-state index contributed by atoms with van der Waals surface area (Å²) < 4.78 is 7.39. The number of rotatable bonds is 8. The molecule has 3 nitrogen and oxygen atoms in total. The molecule has 0 N–H and O–H groups in total. The minimum atomic E-state index is 0.0177. The molecule has 0 bridgehead atoms. The molecule has 1 atom stereocenters. The van der Waals surface area contributed by atoms with Gasteiger partial charge in [0.25, 0.3) is 5.56 Å². The Morgan fingerprint density at radius 3 is 2.22 bits per heavy atom. The summed E-state index contributed by atoms with van der Waals surface area (Å²) >= 11 is 0. The fourth-order valence-electron chi connectivity index (χ4n) is 3.26. The van der Waals surface area contributed by atoms with Gasteiger partial charge in [0.15, 0.2) is 0 Å². The normalized spacial score (nSPS) is 13.1. The second-order valence-electron chi connectivity index (χ2n) is 9.21. The lowest BCUT2D eigenvalue weighted by atomic mass is 9.91. The van der Waals surface area contributed by atoms with Gasteiger partial charge >= 0.3 is 0 Å². The summed E-state index contributed by atoms with van der Waals surface area (Å²) in [5.41, 5.74) is 3.58. The van der Waals surface area contributed by atoms with Crippen LogP contribution in [0.1, 0.15) is 59.4 Å². The van der Waals surface area contributed by atoms with Crippen LogP contribution in [0.25, 0.3) is 11.1 Å². The van der Waals surface area contributed by atoms with Gasteiger partial charge in [-0.3, -0.25) is 4.79 Å². The minimum Gasteiger partial charge on any atom is -0.379 e. The molecule has 1 unspecified atom stereocenters. The Hall–Kier alpha value is -1.87. The van der Waals surface area contributed by atoms with E-state index in [4.69, 9.17) is 4.74 Å². The smallest absolute Gasteiger partial charge is 0.251 e. The summed E-state index contributed by atoms with van der Waals surface area (Å²) in [6.07, 6.45) is 3.06. The first kappa shape index (κ1) is 21.4. The van der Waals surface area contributed by atoms with E-state index in [1.54, 1.807) is 10.6 Å². The van der Waals surface area contributed by atoms with Crippen LogP contribution >= 0.6 is 0 Å². The second kappa shape index (κ2) is 9.36. The fourth-order valence-corrected chi connectivity index (χ4v) is 3.26. The summed E-state index contributed by atoms with van der Waals surface area (Å²) in [6.45, 7) is 15.1. The van der Waals surface area contributed by atoms with Gasteiger partial charge in [-0.2, -0.15) is 0 Å². The number of nitrogens with zero attached hydrogens (tertiary/aromatic N) is 1. The molecule has 27 heavy (non-hydrogen) atoms. The highest BCUT2D eigenvalue weighted by Gasteiger charge is 2.10. The van der Waals surface area contributed by atoms with E-state index in [-0.39, 0.29) is 11.0 Å². The van der Waals surface area contributed by atoms with Crippen LogP contribution in [-0.2, 0) is 11.3 Å². The maximum atomic E-state index is 12.4. The number of hydrogen-bond donors (Lipinski definition) is 0. The van der Waals surface area contributed by atoms with Crippen LogP contribution in [-0.4, -0.2) is 17.8 Å². The zero-order chi connectivity index (χ0) is 20.0. The average Bonchev–Trinajstić information content (AvgIpc) is 2.58. The molecule has 0 saturated carbocycles. The van der Waals surface area contributed by atoms with E-state index < -0.39 is 0 Å². The average molecular weight is 370 g/mol. The number of aromatic nitrogens is 1. The lowest BCUT2D eigenvalue weighted by Crippen LogP contribution is -2.23. The minimum absolute atomic E-state index is 0.0177. The van der Waals surface area contributed by atoms with Crippen molar-refractivity contribution in [2.24, 2.45) is 11.3 Å². The molecule has 148 valence electrons. The van der Waals surface area contributed by atoms with Crippen molar-refractivity contribution < 1.29 is 4.74 Å². The van der Waals surface area contributed by atoms with E-state index in [0.717, 1.165) is 11.1 Å². The Kier molecular flexibility index (Phi) is 7.43. The zero-order valence-corrected chi connectivity index (χ0v) is 17.8. The van der Waals surface area contributed by atoms with Crippen LogP contribution in [0.3, 0.4) is 0 Å². The largest absolute Gasteiger partial charge is 0.379 e. The molecular weight excluding hydrogens is 334 g/mol. The second-order valence-corrected chi connectivity index (χ2v) is 9.21. The molecular formula is C24H35NO2. The molecule has 0 aliphatic carbocycles. The van der Waals surface area contributed by atoms with E-state index in [9.17, 15) is 4.79 Å². The first-order chi connectivity index (χ1) is 12.7. The van der Waals surface area contributed by atoms with Crippen LogP contribution < -0.4 is 5.56 Å². The molecule has 1 aromatic carbocycles. The quantitative estimate of drug-likeness (QED) is 0.557. The molecule has 3 heteroatoms. The number of pyridine rings is 1. The predicted molar refractivity (Wildman–Crippen MR) is 114 cm³/mol. The third kappa shape index (κ3) is 6.99. The predicted octanol–water partition coefficient (Wildman–Crippen LogP) is 5.73. The van der Waals surface area contributed by atoms with Gasteiger partial charge in [0.2, 0.25) is 0 Å². The number of ether oxygens (including phenoxy) is 1. The van der Waals surface area contributed by atoms with Crippen molar-refractivity contribution in [2.45, 2.75) is 60.4 Å². The van der Waals surface area contributed by atoms with Gasteiger partial charge in [0, 0.05) is 18.8 Å². The maximum absolute atomic E-state index is 12.4. The van der Waals surface area contributed by atoms with E-state index in [0.29, 0.717) is 31.6 Å². The summed E-state index contributed by atoms with van der Waals surface area (Å²) in [4.78, 5) is 12.4. The molecule has 1 heterocycles. The van der Waals surface area contributed by atoms with Gasteiger partial charge < -0.3 is 9.30 Å². The molecule has 0 fully saturated rings. The molecule has 1 aromatic heterocycles. The van der Waals surface area contributed by atoms with Crippen molar-refractivity contribution in [3.05, 3.63) is 58.5 Å². The zero-order valence-electron chi connectivity index (χ0n) is 17.8. The Morgan fingerprint density at radius 2 is 1.67 bits per heavy atom. The Morgan fingerprint density at radius 1 is 1.00 bits per heavy atom. The van der Waals surface area contributed by atoms with Crippen LogP contribution in [0.15, 0.2) is 47.4 Å². The molecule has 0 aliphatic rings. The Balaban J connectivity index is 2.01. The van der Waals surface area contributed by atoms with Gasteiger partial charge in [-0.15, -0.1) is 0 Å². The van der Waals surface area contributed by atoms with Crippen molar-refractivity contribution in [3.63, 3.8) is 0 Å². The number of benzene rings is 1. The third-order valence-electron chi connectivity index (χ3n) is 4.65. The lowest BCUT2D eigenvalue weighted by molar-refractivity contribution is 0.0657. The fraction of sp³-hybridized carbons (Fsp3) is 0.542. The summed E-state index contributed by atoms with van der Waals surface area (Å²) in [5.74, 6) is 1.25. The van der Waals surface area contributed by atoms with E-state index in [2.05, 4.69) is 65.8 Å². The van der Waals surface area contributed by atoms with Crippen molar-refractivity contribution in [3.8, 4) is 11.1 Å². The molecule has 0 aliphatic heterocycles. The first-order valence-electron chi connectivity index (χ1n) is 10.0. The molecule has 0 saturated heterocycles. The summed E-state index contributed by atoms with van der Waals surface area (Å²) in [7, 11) is 0. The molecule has 0 amide bonds. The highest BCUT2D eigenvalue weighted by molar-refractivity contribution is 5.63. The van der Waals surface area contributed by atoms with Crippen molar-refractivity contribution in [1.29, 1.82) is 0 Å². The summed E-state index contributed by atoms with van der Waals surface area (Å²) in [5, 5.41) is 0. The first-order valence-corrected chi connectivity index (χ1v) is 10.0. The van der Waals surface area contributed by atoms with Gasteiger partial charge in [-0.05, 0) is 46.4 Å². The highest BCUT2D eigenvalue weighted by Crippen LogP contribution is 2.26. The SMILES string of the molecule is CC(C)CC(C)c1ccc(-c2ccn(CCOCC(C)(C)C)c(=O)c2)cc1. The molecule has 0 radical (unpaired) electrons. The standard InChI is InChI=1S/C24H35NO2/c1-18(2)15-19(3)20-7-9-21(10-8-20)22-11-12-25(23(26)16-22)13-14-27-17-24(4,5)6/h7-12,16,18-19H,13-15,17H2,1-6H3. The molecule has 0 spiro atoms. The molecule has 2 aromatic rings. The van der Waals surface area contributed by atoms with Gasteiger partial charge in [0.05, 0.1) is 13.2 Å². The maximum Gasteiger partial charge on any atom is 0.251 e. The lowest BCUT2D eigenvalue weighted by Gasteiger charge is -2.18. The van der Waals surface area contributed by atoms with Crippen LogP contribution in [0.2, 0.25) is 0 Å². The Bertz CT molecular complexity index is 766. The van der Waals surface area contributed by atoms with Crippen molar-refractivity contribution in [1.82, 2.24) is 4.57 Å². The van der Waals surface area contributed by atoms with Gasteiger partial charge in [-0.1, -0.05) is 65.8 Å². The van der Waals surface area contributed by atoms with E-state index in [1.165, 1.54) is 12.0 Å². The van der Waals surface area contributed by atoms with E-state index >= 15 is 0 Å². The van der Waals surface area contributed by atoms with Gasteiger partial charge in [-0.25, -0.2) is 0 Å². The third-order valence-corrected chi connectivity index (χ3v) is 4.65.